The first-order valence-corrected chi connectivity index (χ1v) is 3.64. The lowest BCUT2D eigenvalue weighted by Crippen LogP contribution is -1.87. The maximum atomic E-state index is 3.44. The van der Waals surface area contributed by atoms with Crippen molar-refractivity contribution in [2.75, 3.05) is 0 Å². The van der Waals surface area contributed by atoms with Crippen LogP contribution in [0.25, 0.3) is 0 Å². The Labute approximate surface area is 54.4 Å². The van der Waals surface area contributed by atoms with Crippen molar-refractivity contribution in [3.63, 3.8) is 0 Å². The molecule has 0 saturated carbocycles. The molecule has 1 heteroatoms. The van der Waals surface area contributed by atoms with Crippen molar-refractivity contribution < 1.29 is 0 Å². The first-order chi connectivity index (χ1) is 3.27. The number of hydrogen-bond donors (Lipinski definition) is 0. The van der Waals surface area contributed by atoms with Crippen LogP contribution in [0.3, 0.4) is 0 Å². The second-order valence-electron chi connectivity index (χ2n) is 1.71. The van der Waals surface area contributed by atoms with Crippen LogP contribution in [0.2, 0.25) is 0 Å². The van der Waals surface area contributed by atoms with Gasteiger partial charge in [-0.2, -0.15) is 0 Å². The average Bonchev–Trinajstić information content (AvgIpc) is 1.61. The van der Waals surface area contributed by atoms with Crippen molar-refractivity contribution in [1.82, 2.24) is 0 Å². The maximum absolute atomic E-state index is 3.44. The van der Waals surface area contributed by atoms with E-state index in [1.54, 1.807) is 0 Å². The van der Waals surface area contributed by atoms with Crippen molar-refractivity contribution in [1.29, 1.82) is 0 Å². The van der Waals surface area contributed by atoms with E-state index in [4.69, 9.17) is 0 Å². The number of unbranched alkanes of at least 4 members (excludes halogenated alkanes) is 1. The predicted octanol–water partition coefficient (Wildman–Crippen LogP) is 2.77. The largest absolute Gasteiger partial charge is 0.0894 e. The van der Waals surface area contributed by atoms with Crippen LogP contribution < -0.4 is 0 Å². The van der Waals surface area contributed by atoms with E-state index in [-0.39, 0.29) is 0 Å². The Balaban J connectivity index is 2.68. The van der Waals surface area contributed by atoms with E-state index >= 15 is 0 Å². The Morgan fingerprint density at radius 2 is 2.29 bits per heavy atom. The zero-order chi connectivity index (χ0) is 5.70. The van der Waals surface area contributed by atoms with Crippen molar-refractivity contribution >= 4 is 15.9 Å². The fourth-order valence-electron chi connectivity index (χ4n) is 0.396. The minimum absolute atomic E-state index is 0.660. The van der Waals surface area contributed by atoms with E-state index in [0.29, 0.717) is 4.83 Å². The van der Waals surface area contributed by atoms with Crippen LogP contribution >= 0.6 is 15.9 Å². The molecule has 7 heavy (non-hydrogen) atoms. The van der Waals surface area contributed by atoms with E-state index in [1.807, 2.05) is 0 Å². The molecular formula is C6H12Br. The molecule has 0 N–H and O–H groups in total. The van der Waals surface area contributed by atoms with Crippen molar-refractivity contribution in [3.05, 3.63) is 6.42 Å². The molecule has 0 saturated heterocycles. The molecule has 0 nitrogen and oxygen atoms in total. The predicted molar refractivity (Wildman–Crippen MR) is 37.6 cm³/mol. The molecule has 0 aliphatic carbocycles. The topological polar surface area (TPSA) is 0 Å². The van der Waals surface area contributed by atoms with Crippen molar-refractivity contribution in [2.45, 2.75) is 31.5 Å². The Bertz CT molecular complexity index is 33.2. The summed E-state index contributed by atoms with van der Waals surface area (Å²) in [5.41, 5.74) is 0. The summed E-state index contributed by atoms with van der Waals surface area (Å²) in [4.78, 5) is 0.660. The van der Waals surface area contributed by atoms with E-state index in [2.05, 4.69) is 36.2 Å². The highest BCUT2D eigenvalue weighted by Gasteiger charge is 1.91. The number of halogens is 1. The van der Waals surface area contributed by atoms with Crippen LogP contribution in [0.5, 0.6) is 0 Å². The second kappa shape index (κ2) is 4.63. The van der Waals surface area contributed by atoms with Gasteiger partial charge in [0.1, 0.15) is 0 Å². The molecule has 0 aliphatic rings. The van der Waals surface area contributed by atoms with Crippen LogP contribution in [0.15, 0.2) is 0 Å². The molecule has 0 rings (SSSR count). The second-order valence-corrected chi connectivity index (χ2v) is 3.28. The summed E-state index contributed by atoms with van der Waals surface area (Å²) in [7, 11) is 0. The van der Waals surface area contributed by atoms with Crippen LogP contribution in [-0.4, -0.2) is 4.83 Å². The number of hydrogen-bond acceptors (Lipinski definition) is 0. The molecule has 0 aromatic rings. The van der Waals surface area contributed by atoms with Gasteiger partial charge in [0.05, 0.1) is 0 Å². The molecule has 0 fully saturated rings. The zero-order valence-electron chi connectivity index (χ0n) is 4.95. The molecule has 0 aromatic heterocycles. The molecule has 1 radical (unpaired) electrons. The third kappa shape index (κ3) is 6.48. The third-order valence-corrected chi connectivity index (χ3v) is 1.15. The number of rotatable bonds is 3. The summed E-state index contributed by atoms with van der Waals surface area (Å²) in [5.74, 6) is 0. The molecule has 0 spiro atoms. The van der Waals surface area contributed by atoms with Gasteiger partial charge in [0.25, 0.3) is 0 Å². The summed E-state index contributed by atoms with van der Waals surface area (Å²) in [5, 5.41) is 0. The van der Waals surface area contributed by atoms with Crippen molar-refractivity contribution in [2.24, 2.45) is 0 Å². The highest BCUT2D eigenvalue weighted by Crippen LogP contribution is 2.06. The Hall–Kier alpha value is 0.480. The van der Waals surface area contributed by atoms with Gasteiger partial charge in [-0.25, -0.2) is 0 Å². The first kappa shape index (κ1) is 7.48. The fourth-order valence-corrected chi connectivity index (χ4v) is 0.661. The van der Waals surface area contributed by atoms with Gasteiger partial charge in [0.15, 0.2) is 0 Å². The molecule has 1 atom stereocenters. The summed E-state index contributed by atoms with van der Waals surface area (Å²) >= 11 is 3.44. The molecular weight excluding hydrogens is 152 g/mol. The molecule has 1 unspecified atom stereocenters. The monoisotopic (exact) mass is 163 g/mol. The summed E-state index contributed by atoms with van der Waals surface area (Å²) in [6.07, 6.45) is 4.66. The van der Waals surface area contributed by atoms with Crippen LogP contribution in [0, 0.1) is 6.42 Å². The highest BCUT2D eigenvalue weighted by molar-refractivity contribution is 9.09. The SMILES string of the molecule is CC[CH]CC(C)Br. The Morgan fingerprint density at radius 1 is 1.71 bits per heavy atom. The quantitative estimate of drug-likeness (QED) is 0.562. The average molecular weight is 164 g/mol. The van der Waals surface area contributed by atoms with E-state index in [0.717, 1.165) is 0 Å². The van der Waals surface area contributed by atoms with Gasteiger partial charge in [0.2, 0.25) is 0 Å². The Morgan fingerprint density at radius 3 is 2.43 bits per heavy atom. The molecule has 0 heterocycles. The van der Waals surface area contributed by atoms with E-state index in [9.17, 15) is 0 Å². The zero-order valence-corrected chi connectivity index (χ0v) is 6.53. The van der Waals surface area contributed by atoms with Gasteiger partial charge in [-0.1, -0.05) is 36.2 Å². The standard InChI is InChI=1S/C6H12Br/c1-3-4-5-6(2)7/h4,6H,3,5H2,1-2H3. The molecule has 0 bridgehead atoms. The summed E-state index contributed by atoms with van der Waals surface area (Å²) < 4.78 is 0. The number of alkyl halides is 1. The van der Waals surface area contributed by atoms with E-state index in [1.165, 1.54) is 12.8 Å². The van der Waals surface area contributed by atoms with Crippen molar-refractivity contribution in [3.8, 4) is 0 Å². The summed E-state index contributed by atoms with van der Waals surface area (Å²) in [6, 6.07) is 0. The van der Waals surface area contributed by atoms with Crippen LogP contribution in [0.4, 0.5) is 0 Å². The van der Waals surface area contributed by atoms with E-state index < -0.39 is 0 Å². The molecule has 0 amide bonds. The minimum Gasteiger partial charge on any atom is -0.0894 e. The molecule has 0 aromatic carbocycles. The van der Waals surface area contributed by atoms with Gasteiger partial charge in [-0.3, -0.25) is 0 Å². The van der Waals surface area contributed by atoms with Gasteiger partial charge in [-0.15, -0.1) is 0 Å². The lowest BCUT2D eigenvalue weighted by Gasteiger charge is -1.96. The first-order valence-electron chi connectivity index (χ1n) is 2.73. The van der Waals surface area contributed by atoms with Gasteiger partial charge in [-0.05, 0) is 12.8 Å². The lowest BCUT2D eigenvalue weighted by molar-refractivity contribution is 0.879. The fraction of sp³-hybridized carbons (Fsp3) is 0.833. The molecule has 43 valence electrons. The highest BCUT2D eigenvalue weighted by atomic mass is 79.9. The van der Waals surface area contributed by atoms with Crippen LogP contribution in [0.1, 0.15) is 26.7 Å². The maximum Gasteiger partial charge on any atom is 0.0120 e. The summed E-state index contributed by atoms with van der Waals surface area (Å²) in [6.45, 7) is 4.32. The van der Waals surface area contributed by atoms with Gasteiger partial charge < -0.3 is 0 Å². The normalized spacial score (nSPS) is 14.1. The van der Waals surface area contributed by atoms with Gasteiger partial charge >= 0.3 is 0 Å². The van der Waals surface area contributed by atoms with Crippen LogP contribution in [-0.2, 0) is 0 Å². The smallest absolute Gasteiger partial charge is 0.0120 e. The molecule has 0 aliphatic heterocycles. The van der Waals surface area contributed by atoms with Gasteiger partial charge in [0, 0.05) is 4.83 Å². The lowest BCUT2D eigenvalue weighted by atomic mass is 10.2. The Kier molecular flexibility index (Phi) is 4.95. The third-order valence-electron chi connectivity index (χ3n) is 0.780. The minimum atomic E-state index is 0.660.